The number of aliphatic imine (C=N–C) groups is 1. The number of rotatable bonds is 3. The zero-order valence-electron chi connectivity index (χ0n) is 7.63. The third kappa shape index (κ3) is 2.51. The van der Waals surface area contributed by atoms with Crippen LogP contribution in [-0.2, 0) is 0 Å². The van der Waals surface area contributed by atoms with Gasteiger partial charge < -0.3 is 0 Å². The molecule has 1 aliphatic heterocycles. The van der Waals surface area contributed by atoms with Crippen LogP contribution >= 0.6 is 11.8 Å². The predicted octanol–water partition coefficient (Wildman–Crippen LogP) is 3.10. The van der Waals surface area contributed by atoms with Crippen molar-refractivity contribution in [3.8, 4) is 0 Å². The molecule has 2 heteroatoms. The molecule has 0 spiro atoms. The number of nitrogens with zero attached hydrogens (tertiary/aromatic N) is 1. The minimum Gasteiger partial charge on any atom is -0.279 e. The summed E-state index contributed by atoms with van der Waals surface area (Å²) in [5.41, 5.74) is 1.33. The van der Waals surface area contributed by atoms with Gasteiger partial charge in [0, 0.05) is 11.0 Å². The van der Waals surface area contributed by atoms with Crippen LogP contribution in [0.2, 0.25) is 0 Å². The summed E-state index contributed by atoms with van der Waals surface area (Å²) >= 11 is 2.01. The lowest BCUT2D eigenvalue weighted by molar-refractivity contribution is 0.704. The molecule has 11 heavy (non-hydrogen) atoms. The van der Waals surface area contributed by atoms with Gasteiger partial charge in [-0.25, -0.2) is 0 Å². The SMILES string of the molecule is CCCC[C@@H]1N=C(C)[C@H](C)S1. The van der Waals surface area contributed by atoms with Crippen LogP contribution in [0.25, 0.3) is 0 Å². The van der Waals surface area contributed by atoms with Gasteiger partial charge in [-0.1, -0.05) is 19.8 Å². The summed E-state index contributed by atoms with van der Waals surface area (Å²) in [5.74, 6) is 0. The normalized spacial score (nSPS) is 30.6. The number of hydrogen-bond donors (Lipinski definition) is 0. The first-order chi connectivity index (χ1) is 5.24. The molecule has 0 amide bonds. The van der Waals surface area contributed by atoms with Crippen molar-refractivity contribution in [2.75, 3.05) is 0 Å². The third-order valence-electron chi connectivity index (χ3n) is 2.10. The molecule has 64 valence electrons. The van der Waals surface area contributed by atoms with Crippen LogP contribution in [0.1, 0.15) is 40.0 Å². The van der Waals surface area contributed by atoms with E-state index in [2.05, 4.69) is 25.8 Å². The molecule has 1 aliphatic rings. The predicted molar refractivity (Wildman–Crippen MR) is 53.5 cm³/mol. The maximum Gasteiger partial charge on any atom is 0.0957 e. The second-order valence-corrected chi connectivity index (χ2v) is 4.67. The van der Waals surface area contributed by atoms with Gasteiger partial charge in [0.2, 0.25) is 0 Å². The Bertz CT molecular complexity index is 154. The van der Waals surface area contributed by atoms with Crippen LogP contribution in [-0.4, -0.2) is 16.3 Å². The minimum atomic E-state index is 0.574. The lowest BCUT2D eigenvalue weighted by atomic mass is 10.2. The molecule has 0 saturated carbocycles. The molecule has 1 nitrogen and oxygen atoms in total. The van der Waals surface area contributed by atoms with Crippen LogP contribution in [0.5, 0.6) is 0 Å². The highest BCUT2D eigenvalue weighted by Crippen LogP contribution is 2.30. The van der Waals surface area contributed by atoms with Crippen molar-refractivity contribution in [2.45, 2.75) is 50.7 Å². The molecule has 0 bridgehead atoms. The first-order valence-electron chi connectivity index (χ1n) is 4.43. The lowest BCUT2D eigenvalue weighted by Gasteiger charge is -2.05. The number of hydrogen-bond acceptors (Lipinski definition) is 2. The molecule has 0 aromatic carbocycles. The Kier molecular flexibility index (Phi) is 3.44. The molecule has 0 aromatic heterocycles. The van der Waals surface area contributed by atoms with Crippen molar-refractivity contribution in [3.63, 3.8) is 0 Å². The Hall–Kier alpha value is 0.0200. The monoisotopic (exact) mass is 171 g/mol. The van der Waals surface area contributed by atoms with Crippen LogP contribution in [0, 0.1) is 0 Å². The van der Waals surface area contributed by atoms with Crippen molar-refractivity contribution in [1.29, 1.82) is 0 Å². The lowest BCUT2D eigenvalue weighted by Crippen LogP contribution is -2.02. The van der Waals surface area contributed by atoms with Crippen molar-refractivity contribution in [2.24, 2.45) is 4.99 Å². The molecular formula is C9H17NS. The van der Waals surface area contributed by atoms with Gasteiger partial charge in [0.05, 0.1) is 5.37 Å². The molecule has 0 N–H and O–H groups in total. The van der Waals surface area contributed by atoms with E-state index in [0.29, 0.717) is 10.6 Å². The van der Waals surface area contributed by atoms with Crippen molar-refractivity contribution in [3.05, 3.63) is 0 Å². The van der Waals surface area contributed by atoms with E-state index >= 15 is 0 Å². The highest BCUT2D eigenvalue weighted by atomic mass is 32.2. The average molecular weight is 171 g/mol. The molecule has 0 aromatic rings. The largest absolute Gasteiger partial charge is 0.279 e. The summed E-state index contributed by atoms with van der Waals surface area (Å²) in [7, 11) is 0. The van der Waals surface area contributed by atoms with Gasteiger partial charge in [-0.2, -0.15) is 0 Å². The van der Waals surface area contributed by atoms with Gasteiger partial charge in [0.15, 0.2) is 0 Å². The van der Waals surface area contributed by atoms with Gasteiger partial charge in [-0.05, 0) is 20.3 Å². The zero-order chi connectivity index (χ0) is 8.27. The molecule has 0 radical (unpaired) electrons. The number of unbranched alkanes of at least 4 members (excludes halogenated alkanes) is 1. The quantitative estimate of drug-likeness (QED) is 0.635. The second-order valence-electron chi connectivity index (χ2n) is 3.15. The molecule has 0 fully saturated rings. The molecule has 2 atom stereocenters. The van der Waals surface area contributed by atoms with Gasteiger partial charge in [-0.15, -0.1) is 11.8 Å². The van der Waals surface area contributed by atoms with Gasteiger partial charge in [0.25, 0.3) is 0 Å². The first-order valence-corrected chi connectivity index (χ1v) is 5.38. The fourth-order valence-electron chi connectivity index (χ4n) is 1.21. The summed E-state index contributed by atoms with van der Waals surface area (Å²) in [4.78, 5) is 4.59. The van der Waals surface area contributed by atoms with Crippen LogP contribution < -0.4 is 0 Å². The highest BCUT2D eigenvalue weighted by Gasteiger charge is 2.21. The smallest absolute Gasteiger partial charge is 0.0957 e. The summed E-state index contributed by atoms with van der Waals surface area (Å²) < 4.78 is 0. The van der Waals surface area contributed by atoms with E-state index in [1.54, 1.807) is 0 Å². The minimum absolute atomic E-state index is 0.574. The Morgan fingerprint density at radius 3 is 2.73 bits per heavy atom. The van der Waals surface area contributed by atoms with Crippen LogP contribution in [0.4, 0.5) is 0 Å². The van der Waals surface area contributed by atoms with E-state index in [-0.39, 0.29) is 0 Å². The summed E-state index contributed by atoms with van der Waals surface area (Å²) in [6, 6.07) is 0. The standard InChI is InChI=1S/C9H17NS/c1-4-5-6-9-10-7(2)8(3)11-9/h8-9H,4-6H2,1-3H3/t8-,9+/m0/s1. The van der Waals surface area contributed by atoms with E-state index < -0.39 is 0 Å². The Morgan fingerprint density at radius 1 is 1.55 bits per heavy atom. The highest BCUT2D eigenvalue weighted by molar-refractivity contribution is 8.01. The van der Waals surface area contributed by atoms with Gasteiger partial charge in [0.1, 0.15) is 0 Å². The van der Waals surface area contributed by atoms with Gasteiger partial charge in [-0.3, -0.25) is 4.99 Å². The second kappa shape index (κ2) is 4.15. The Labute approximate surface area is 73.7 Å². The molecular weight excluding hydrogens is 154 g/mol. The van der Waals surface area contributed by atoms with Crippen molar-refractivity contribution >= 4 is 17.5 Å². The fourth-order valence-corrected chi connectivity index (χ4v) is 2.47. The Morgan fingerprint density at radius 2 is 2.27 bits per heavy atom. The zero-order valence-corrected chi connectivity index (χ0v) is 8.45. The average Bonchev–Trinajstić information content (AvgIpc) is 2.28. The van der Waals surface area contributed by atoms with Crippen LogP contribution in [0.15, 0.2) is 4.99 Å². The van der Waals surface area contributed by atoms with Gasteiger partial charge >= 0.3 is 0 Å². The Balaban J connectivity index is 2.29. The van der Waals surface area contributed by atoms with E-state index in [0.717, 1.165) is 0 Å². The van der Waals surface area contributed by atoms with E-state index in [1.807, 2.05) is 11.8 Å². The molecule has 0 saturated heterocycles. The fraction of sp³-hybridized carbons (Fsp3) is 0.889. The van der Waals surface area contributed by atoms with E-state index in [9.17, 15) is 0 Å². The summed E-state index contributed by atoms with van der Waals surface area (Å²) in [6.07, 6.45) is 3.88. The van der Waals surface area contributed by atoms with E-state index in [1.165, 1.54) is 25.0 Å². The molecule has 1 heterocycles. The third-order valence-corrected chi connectivity index (χ3v) is 3.51. The van der Waals surface area contributed by atoms with Crippen molar-refractivity contribution in [1.82, 2.24) is 0 Å². The summed E-state index contributed by atoms with van der Waals surface area (Å²) in [6.45, 7) is 6.62. The molecule has 0 aliphatic carbocycles. The summed E-state index contributed by atoms with van der Waals surface area (Å²) in [5, 5.41) is 1.24. The molecule has 0 unspecified atom stereocenters. The number of thioether (sulfide) groups is 1. The van der Waals surface area contributed by atoms with Crippen molar-refractivity contribution < 1.29 is 0 Å². The molecule has 1 rings (SSSR count). The van der Waals surface area contributed by atoms with Crippen LogP contribution in [0.3, 0.4) is 0 Å². The topological polar surface area (TPSA) is 12.4 Å². The van der Waals surface area contributed by atoms with E-state index in [4.69, 9.17) is 0 Å². The first kappa shape index (κ1) is 9.11. The maximum atomic E-state index is 4.59. The maximum absolute atomic E-state index is 4.59.